The second kappa shape index (κ2) is 9.59. The topological polar surface area (TPSA) is 87.5 Å². The Labute approximate surface area is 175 Å². The minimum atomic E-state index is -0.522. The maximum atomic E-state index is 12.3. The van der Waals surface area contributed by atoms with Crippen LogP contribution in [0.15, 0.2) is 17.2 Å². The number of rotatable bonds is 5. The number of azide groups is 1. The first kappa shape index (κ1) is 22.5. The number of ether oxygens (including phenoxy) is 2. The Morgan fingerprint density at radius 1 is 1.32 bits per heavy atom. The number of methoxy groups -OCH3 is 1. The molecular weight excluding hydrogens is 403 g/mol. The van der Waals surface area contributed by atoms with Crippen LogP contribution in [-0.2, 0) is 4.74 Å². The van der Waals surface area contributed by atoms with Crippen molar-refractivity contribution in [2.75, 3.05) is 26.7 Å². The van der Waals surface area contributed by atoms with E-state index in [1.54, 1.807) is 24.1 Å². The molecule has 1 heterocycles. The molecule has 1 aromatic carbocycles. The molecule has 1 aromatic rings. The molecule has 0 aliphatic carbocycles. The summed E-state index contributed by atoms with van der Waals surface area (Å²) < 4.78 is 10.9. The number of amides is 1. The summed E-state index contributed by atoms with van der Waals surface area (Å²) >= 11 is 12.3. The number of nitrogens with zero attached hydrogens (tertiary/aromatic N) is 4. The van der Waals surface area contributed by atoms with Crippen LogP contribution in [-0.4, -0.2) is 43.3 Å². The lowest BCUT2D eigenvalue weighted by molar-refractivity contribution is 0.0174. The lowest BCUT2D eigenvalue weighted by atomic mass is 9.79. The number of halogens is 2. The van der Waals surface area contributed by atoms with Gasteiger partial charge in [-0.1, -0.05) is 28.3 Å². The summed E-state index contributed by atoms with van der Waals surface area (Å²) in [4.78, 5) is 16.9. The number of hydrogen-bond acceptors (Lipinski definition) is 4. The van der Waals surface area contributed by atoms with Crippen LogP contribution in [0, 0.1) is 5.92 Å². The third-order valence-electron chi connectivity index (χ3n) is 4.77. The molecule has 154 valence electrons. The standard InChI is InChI=1S/C19H26Cl2N4O3/c1-19(2,3)28-18(26)25-7-5-12(6-8-25)14(11-23-24-22)13-9-15(20)16(21)10-17(13)27-4/h9-10,12,14H,5-8,11H2,1-4H3. The maximum Gasteiger partial charge on any atom is 0.410 e. The van der Waals surface area contributed by atoms with Gasteiger partial charge in [0, 0.05) is 30.6 Å². The van der Waals surface area contributed by atoms with Gasteiger partial charge in [0.05, 0.1) is 17.2 Å². The molecule has 1 unspecified atom stereocenters. The smallest absolute Gasteiger partial charge is 0.410 e. The predicted molar refractivity (Wildman–Crippen MR) is 110 cm³/mol. The van der Waals surface area contributed by atoms with Crippen molar-refractivity contribution in [2.24, 2.45) is 11.0 Å². The zero-order chi connectivity index (χ0) is 20.9. The van der Waals surface area contributed by atoms with Gasteiger partial charge in [-0.25, -0.2) is 4.79 Å². The van der Waals surface area contributed by atoms with Gasteiger partial charge in [-0.3, -0.25) is 0 Å². The van der Waals surface area contributed by atoms with Gasteiger partial charge < -0.3 is 14.4 Å². The van der Waals surface area contributed by atoms with E-state index in [0.717, 1.165) is 18.4 Å². The molecule has 0 spiro atoms. The Hall–Kier alpha value is -1.82. The Balaban J connectivity index is 2.19. The Bertz CT molecular complexity index is 752. The molecule has 1 fully saturated rings. The summed E-state index contributed by atoms with van der Waals surface area (Å²) in [5, 5.41) is 4.63. The number of piperidine rings is 1. The summed E-state index contributed by atoms with van der Waals surface area (Å²) in [5.74, 6) is 0.735. The van der Waals surface area contributed by atoms with E-state index in [9.17, 15) is 4.79 Å². The summed E-state index contributed by atoms with van der Waals surface area (Å²) in [6, 6.07) is 3.46. The minimum Gasteiger partial charge on any atom is -0.496 e. The van der Waals surface area contributed by atoms with Gasteiger partial charge in [0.25, 0.3) is 0 Å². The minimum absolute atomic E-state index is 0.0820. The lowest BCUT2D eigenvalue weighted by Gasteiger charge is -2.37. The van der Waals surface area contributed by atoms with Crippen molar-refractivity contribution >= 4 is 29.3 Å². The Kier molecular flexibility index (Phi) is 7.70. The first-order valence-corrected chi connectivity index (χ1v) is 9.93. The molecular formula is C19H26Cl2N4O3. The van der Waals surface area contributed by atoms with Gasteiger partial charge in [-0.15, -0.1) is 0 Å². The Morgan fingerprint density at radius 2 is 1.93 bits per heavy atom. The van der Waals surface area contributed by atoms with Crippen molar-refractivity contribution in [1.82, 2.24) is 4.90 Å². The van der Waals surface area contributed by atoms with E-state index in [1.807, 2.05) is 20.8 Å². The second-order valence-corrected chi connectivity index (χ2v) is 8.65. The molecule has 1 amide bonds. The van der Waals surface area contributed by atoms with Crippen molar-refractivity contribution in [3.8, 4) is 5.75 Å². The van der Waals surface area contributed by atoms with Gasteiger partial charge in [0.15, 0.2) is 0 Å². The van der Waals surface area contributed by atoms with Crippen molar-refractivity contribution in [1.29, 1.82) is 0 Å². The molecule has 1 atom stereocenters. The first-order chi connectivity index (χ1) is 13.2. The molecule has 9 heteroatoms. The van der Waals surface area contributed by atoms with Crippen LogP contribution in [0.4, 0.5) is 4.79 Å². The number of likely N-dealkylation sites (tertiary alicyclic amines) is 1. The van der Waals surface area contributed by atoms with Crippen molar-refractivity contribution in [3.05, 3.63) is 38.2 Å². The van der Waals surface area contributed by atoms with E-state index in [2.05, 4.69) is 10.0 Å². The highest BCUT2D eigenvalue weighted by molar-refractivity contribution is 6.42. The largest absolute Gasteiger partial charge is 0.496 e. The average Bonchev–Trinajstić information content (AvgIpc) is 2.63. The second-order valence-electron chi connectivity index (χ2n) is 7.83. The Morgan fingerprint density at radius 3 is 2.46 bits per heavy atom. The molecule has 0 bridgehead atoms. The third kappa shape index (κ3) is 5.84. The normalized spacial score (nSPS) is 16.3. The predicted octanol–water partition coefficient (Wildman–Crippen LogP) is 6.04. The lowest BCUT2D eigenvalue weighted by Crippen LogP contribution is -2.42. The SMILES string of the molecule is COc1cc(Cl)c(Cl)cc1C(CN=[N+]=[N-])C1CCN(C(=O)OC(C)(C)C)CC1. The monoisotopic (exact) mass is 428 g/mol. The summed E-state index contributed by atoms with van der Waals surface area (Å²) in [6.07, 6.45) is 1.22. The fourth-order valence-corrected chi connectivity index (χ4v) is 3.77. The third-order valence-corrected chi connectivity index (χ3v) is 5.50. The number of carbonyl (C=O) groups is 1. The first-order valence-electron chi connectivity index (χ1n) is 9.18. The molecule has 28 heavy (non-hydrogen) atoms. The fourth-order valence-electron chi connectivity index (χ4n) is 3.45. The van der Waals surface area contributed by atoms with Crippen LogP contribution in [0.2, 0.25) is 10.0 Å². The highest BCUT2D eigenvalue weighted by atomic mass is 35.5. The van der Waals surface area contributed by atoms with Crippen LogP contribution in [0.25, 0.3) is 10.4 Å². The van der Waals surface area contributed by atoms with E-state index in [1.165, 1.54) is 0 Å². The average molecular weight is 429 g/mol. The highest BCUT2D eigenvalue weighted by Crippen LogP contribution is 2.41. The summed E-state index contributed by atoms with van der Waals surface area (Å²) in [6.45, 7) is 6.99. The van der Waals surface area contributed by atoms with Gasteiger partial charge in [-0.2, -0.15) is 0 Å². The van der Waals surface area contributed by atoms with Crippen molar-refractivity contribution in [2.45, 2.75) is 45.1 Å². The molecule has 2 rings (SSSR count). The van der Waals surface area contributed by atoms with Gasteiger partial charge in [0.1, 0.15) is 11.4 Å². The van der Waals surface area contributed by atoms with E-state index in [0.29, 0.717) is 28.9 Å². The number of carbonyl (C=O) groups excluding carboxylic acids is 1. The van der Waals surface area contributed by atoms with Crippen LogP contribution >= 0.6 is 23.2 Å². The zero-order valence-corrected chi connectivity index (χ0v) is 18.1. The summed E-state index contributed by atoms with van der Waals surface area (Å²) in [5.41, 5.74) is 9.16. The van der Waals surface area contributed by atoms with Crippen LogP contribution in [0.1, 0.15) is 45.1 Å². The molecule has 0 saturated carbocycles. The quantitative estimate of drug-likeness (QED) is 0.325. The fraction of sp³-hybridized carbons (Fsp3) is 0.632. The van der Waals surface area contributed by atoms with Crippen LogP contribution in [0.5, 0.6) is 5.75 Å². The molecule has 1 aliphatic rings. The molecule has 1 aliphatic heterocycles. The van der Waals surface area contributed by atoms with Crippen LogP contribution in [0.3, 0.4) is 0 Å². The molecule has 0 radical (unpaired) electrons. The van der Waals surface area contributed by atoms with E-state index in [4.69, 9.17) is 38.2 Å². The van der Waals surface area contributed by atoms with Crippen molar-refractivity contribution < 1.29 is 14.3 Å². The van der Waals surface area contributed by atoms with Gasteiger partial charge in [-0.05, 0) is 62.6 Å². The number of benzene rings is 1. The number of hydrogen-bond donors (Lipinski definition) is 0. The molecule has 0 aromatic heterocycles. The van der Waals surface area contributed by atoms with Gasteiger partial charge >= 0.3 is 6.09 Å². The molecule has 7 nitrogen and oxygen atoms in total. The molecule has 0 N–H and O–H groups in total. The zero-order valence-electron chi connectivity index (χ0n) is 16.6. The van der Waals surface area contributed by atoms with E-state index >= 15 is 0 Å². The summed E-state index contributed by atoms with van der Waals surface area (Å²) in [7, 11) is 1.57. The van der Waals surface area contributed by atoms with E-state index in [-0.39, 0.29) is 24.5 Å². The highest BCUT2D eigenvalue weighted by Gasteiger charge is 2.32. The maximum absolute atomic E-state index is 12.3. The molecule has 1 saturated heterocycles. The van der Waals surface area contributed by atoms with Crippen LogP contribution < -0.4 is 4.74 Å². The van der Waals surface area contributed by atoms with E-state index < -0.39 is 5.60 Å². The van der Waals surface area contributed by atoms with Gasteiger partial charge in [0.2, 0.25) is 0 Å². The van der Waals surface area contributed by atoms with Crippen molar-refractivity contribution in [3.63, 3.8) is 0 Å².